The van der Waals surface area contributed by atoms with E-state index in [2.05, 4.69) is 4.83 Å². The van der Waals surface area contributed by atoms with Crippen molar-refractivity contribution in [3.63, 3.8) is 0 Å². The zero-order chi connectivity index (χ0) is 24.8. The molecule has 1 aliphatic rings. The van der Waals surface area contributed by atoms with Crippen LogP contribution in [0, 0.1) is 0 Å². The lowest BCUT2D eigenvalue weighted by Gasteiger charge is -2.30. The highest BCUT2D eigenvalue weighted by molar-refractivity contribution is 7.89. The molecule has 1 heterocycles. The number of nitrogens with one attached hydrogen (secondary N) is 1. The number of urea groups is 1. The van der Waals surface area contributed by atoms with Crippen molar-refractivity contribution < 1.29 is 18.6 Å². The highest BCUT2D eigenvalue weighted by Gasteiger charge is 2.27. The van der Waals surface area contributed by atoms with Crippen molar-refractivity contribution >= 4 is 32.7 Å². The number of hydrogen-bond donors (Lipinski definition) is 3. The number of amidine groups is 1. The van der Waals surface area contributed by atoms with Gasteiger partial charge in [0, 0.05) is 13.1 Å². The summed E-state index contributed by atoms with van der Waals surface area (Å²) in [5, 5.41) is 8.56. The summed E-state index contributed by atoms with van der Waals surface area (Å²) in [5.74, 6) is 0.318. The van der Waals surface area contributed by atoms with Crippen LogP contribution in [-0.4, -0.2) is 43.3 Å². The van der Waals surface area contributed by atoms with Crippen LogP contribution in [0.3, 0.4) is 0 Å². The summed E-state index contributed by atoms with van der Waals surface area (Å²) in [6.07, 6.45) is 4.39. The molecule has 1 fully saturated rings. The number of carbonyl (C=O) groups excluding carboxylic acids is 1. The first-order valence-electron chi connectivity index (χ1n) is 11.8. The lowest BCUT2D eigenvalue weighted by molar-refractivity contribution is -0.117. The van der Waals surface area contributed by atoms with Gasteiger partial charge in [-0.1, -0.05) is 67.4 Å². The van der Waals surface area contributed by atoms with Crippen LogP contribution in [0.2, 0.25) is 0 Å². The van der Waals surface area contributed by atoms with Gasteiger partial charge >= 0.3 is 6.03 Å². The van der Waals surface area contributed by atoms with Gasteiger partial charge in [-0.25, -0.2) is 18.2 Å². The lowest BCUT2D eigenvalue weighted by atomic mass is 10.1. The monoisotopic (exact) mass is 494 g/mol. The molecular formula is C26H32N5O3S+. The highest BCUT2D eigenvalue weighted by Crippen LogP contribution is 2.20. The summed E-state index contributed by atoms with van der Waals surface area (Å²) in [6.45, 7) is 1.30. The maximum absolute atomic E-state index is 13.5. The van der Waals surface area contributed by atoms with Gasteiger partial charge in [0.25, 0.3) is 10.0 Å². The molecule has 2 amide bonds. The minimum absolute atomic E-state index is 0.0875. The predicted octanol–water partition coefficient (Wildman–Crippen LogP) is 2.19. The van der Waals surface area contributed by atoms with E-state index in [1.807, 2.05) is 48.5 Å². The number of rotatable bonds is 7. The van der Waals surface area contributed by atoms with E-state index < -0.39 is 10.0 Å². The minimum atomic E-state index is -4.00. The second-order valence-electron chi connectivity index (χ2n) is 8.94. The molecule has 184 valence electrons. The smallest absolute Gasteiger partial charge is 0.324 e. The van der Waals surface area contributed by atoms with Gasteiger partial charge in [-0.2, -0.15) is 0 Å². The summed E-state index contributed by atoms with van der Waals surface area (Å²) < 4.78 is 26.7. The molecule has 9 heteroatoms. The lowest BCUT2D eigenvalue weighted by Crippen LogP contribution is -2.51. The summed E-state index contributed by atoms with van der Waals surface area (Å²) in [4.78, 5) is 17.9. The van der Waals surface area contributed by atoms with Crippen molar-refractivity contribution in [2.75, 3.05) is 13.1 Å². The van der Waals surface area contributed by atoms with Crippen LogP contribution < -0.4 is 16.0 Å². The maximum Gasteiger partial charge on any atom is 0.335 e. The third-order valence-electron chi connectivity index (χ3n) is 6.14. The number of fused-ring (bicyclic) bond motifs is 1. The van der Waals surface area contributed by atoms with Crippen LogP contribution in [0.15, 0.2) is 71.6 Å². The minimum Gasteiger partial charge on any atom is -0.324 e. The molecule has 35 heavy (non-hydrogen) atoms. The molecule has 0 aliphatic carbocycles. The third-order valence-corrected chi connectivity index (χ3v) is 7.48. The van der Waals surface area contributed by atoms with E-state index in [0.29, 0.717) is 25.3 Å². The van der Waals surface area contributed by atoms with Crippen molar-refractivity contribution in [1.82, 2.24) is 14.7 Å². The molecule has 5 N–H and O–H groups in total. The normalized spacial score (nSPS) is 14.5. The molecule has 0 spiro atoms. The SMILES string of the molecule is NC(=[NH2+])Cc1ccc(CN(NS(=O)(=O)c2ccc3ccccc3c2)C(=O)N2CCCCCC2)cc1. The van der Waals surface area contributed by atoms with Crippen LogP contribution in [0.25, 0.3) is 10.8 Å². The van der Waals surface area contributed by atoms with Crippen LogP contribution in [0.5, 0.6) is 0 Å². The first-order chi connectivity index (χ1) is 16.8. The number of nitrogens with two attached hydrogens (primary N) is 2. The molecular weight excluding hydrogens is 462 g/mol. The van der Waals surface area contributed by atoms with E-state index in [-0.39, 0.29) is 17.5 Å². The molecule has 0 saturated carbocycles. The van der Waals surface area contributed by atoms with Gasteiger partial charge in [-0.15, -0.1) is 4.83 Å². The fraction of sp³-hybridized carbons (Fsp3) is 0.308. The van der Waals surface area contributed by atoms with Crippen LogP contribution in [0.4, 0.5) is 4.79 Å². The molecule has 1 saturated heterocycles. The van der Waals surface area contributed by atoms with Crippen LogP contribution in [0.1, 0.15) is 36.8 Å². The Balaban J connectivity index is 1.60. The fourth-order valence-corrected chi connectivity index (χ4v) is 5.35. The zero-order valence-electron chi connectivity index (χ0n) is 19.7. The van der Waals surface area contributed by atoms with Crippen molar-refractivity contribution in [3.8, 4) is 0 Å². The van der Waals surface area contributed by atoms with E-state index in [1.54, 1.807) is 23.1 Å². The first kappa shape index (κ1) is 24.7. The molecule has 4 rings (SSSR count). The molecule has 0 unspecified atom stereocenters. The van der Waals surface area contributed by atoms with Crippen LogP contribution >= 0.6 is 0 Å². The number of likely N-dealkylation sites (tertiary alicyclic amines) is 1. The number of hydrazine groups is 1. The molecule has 0 aromatic heterocycles. The average Bonchev–Trinajstić information content (AvgIpc) is 3.13. The van der Waals surface area contributed by atoms with Crippen molar-refractivity contribution in [2.24, 2.45) is 5.73 Å². The summed E-state index contributed by atoms with van der Waals surface area (Å²) >= 11 is 0. The molecule has 0 bridgehead atoms. The van der Waals surface area contributed by atoms with E-state index in [1.165, 1.54) is 5.01 Å². The van der Waals surface area contributed by atoms with Gasteiger partial charge in [0.2, 0.25) is 5.84 Å². The fourth-order valence-electron chi connectivity index (χ4n) is 4.28. The standard InChI is InChI=1S/C26H31N5O3S/c27-25(28)17-20-9-11-21(12-10-20)19-31(26(32)30-15-5-1-2-6-16-30)29-35(33,34)24-14-13-22-7-3-4-8-23(22)18-24/h3-4,7-14,18,29H,1-2,5-6,15-17,19H2,(H3,27,28)/p+1. The topological polar surface area (TPSA) is 121 Å². The number of sulfonamides is 1. The van der Waals surface area contributed by atoms with E-state index in [4.69, 9.17) is 11.1 Å². The third kappa shape index (κ3) is 6.37. The number of benzene rings is 3. The summed E-state index contributed by atoms with van der Waals surface area (Å²) in [5.41, 5.74) is 7.32. The van der Waals surface area contributed by atoms with Gasteiger partial charge in [-0.3, -0.25) is 11.1 Å². The number of nitrogens with zero attached hydrogens (tertiary/aromatic N) is 2. The Morgan fingerprint density at radius 3 is 2.20 bits per heavy atom. The quantitative estimate of drug-likeness (QED) is 0.265. The predicted molar refractivity (Wildman–Crippen MR) is 137 cm³/mol. The van der Waals surface area contributed by atoms with Gasteiger partial charge in [0.15, 0.2) is 0 Å². The molecule has 3 aromatic rings. The van der Waals surface area contributed by atoms with Crippen LogP contribution in [-0.2, 0) is 23.0 Å². The van der Waals surface area contributed by atoms with E-state index in [0.717, 1.165) is 47.6 Å². The molecule has 3 aromatic carbocycles. The Bertz CT molecular complexity index is 1300. The van der Waals surface area contributed by atoms with E-state index >= 15 is 0 Å². The Hall–Kier alpha value is -3.43. The number of hydrogen-bond acceptors (Lipinski definition) is 3. The molecule has 1 aliphatic heterocycles. The number of carbonyl (C=O) groups is 1. The Morgan fingerprint density at radius 1 is 0.914 bits per heavy atom. The molecule has 0 radical (unpaired) electrons. The second-order valence-corrected chi connectivity index (χ2v) is 10.6. The molecule has 8 nitrogen and oxygen atoms in total. The highest BCUT2D eigenvalue weighted by atomic mass is 32.2. The van der Waals surface area contributed by atoms with Crippen molar-refractivity contribution in [3.05, 3.63) is 77.9 Å². The van der Waals surface area contributed by atoms with Crippen molar-refractivity contribution in [1.29, 1.82) is 0 Å². The first-order valence-corrected chi connectivity index (χ1v) is 13.3. The largest absolute Gasteiger partial charge is 0.335 e. The zero-order valence-corrected chi connectivity index (χ0v) is 20.5. The van der Waals surface area contributed by atoms with E-state index in [9.17, 15) is 13.2 Å². The van der Waals surface area contributed by atoms with Gasteiger partial charge in [0.05, 0.1) is 17.9 Å². The second kappa shape index (κ2) is 10.9. The summed E-state index contributed by atoms with van der Waals surface area (Å²) in [7, 11) is -4.00. The average molecular weight is 495 g/mol. The Kier molecular flexibility index (Phi) is 7.67. The molecule has 0 atom stereocenters. The van der Waals surface area contributed by atoms with Gasteiger partial charge in [-0.05, 0) is 46.9 Å². The van der Waals surface area contributed by atoms with Gasteiger partial charge in [0.1, 0.15) is 0 Å². The summed E-state index contributed by atoms with van der Waals surface area (Å²) in [6, 6.07) is 19.6. The Morgan fingerprint density at radius 2 is 1.54 bits per heavy atom. The maximum atomic E-state index is 13.5. The number of amides is 2. The Labute approximate surface area is 206 Å². The van der Waals surface area contributed by atoms with Crippen molar-refractivity contribution in [2.45, 2.75) is 43.5 Å². The van der Waals surface area contributed by atoms with Gasteiger partial charge < -0.3 is 4.90 Å².